The van der Waals surface area contributed by atoms with Gasteiger partial charge in [-0.2, -0.15) is 0 Å². The average molecular weight is 374 g/mol. The summed E-state index contributed by atoms with van der Waals surface area (Å²) in [4.78, 5) is 15.9. The first-order valence-corrected chi connectivity index (χ1v) is 8.69. The zero-order valence-corrected chi connectivity index (χ0v) is 16.0. The number of hydrogen-bond acceptors (Lipinski definition) is 6. The van der Waals surface area contributed by atoms with Gasteiger partial charge in [0.25, 0.3) is 5.88 Å². The Hall–Kier alpha value is -2.80. The lowest BCUT2D eigenvalue weighted by molar-refractivity contribution is 0.0483. The van der Waals surface area contributed by atoms with Gasteiger partial charge in [0.05, 0.1) is 12.6 Å². The first kappa shape index (κ1) is 20.5. The summed E-state index contributed by atoms with van der Waals surface area (Å²) in [5.41, 5.74) is 0.980. The maximum absolute atomic E-state index is 11.8. The Morgan fingerprint density at radius 3 is 2.48 bits per heavy atom. The van der Waals surface area contributed by atoms with Crippen molar-refractivity contribution in [2.24, 2.45) is 0 Å². The number of hydrogen-bond donors (Lipinski definition) is 3. The van der Waals surface area contributed by atoms with E-state index in [2.05, 4.69) is 10.3 Å². The van der Waals surface area contributed by atoms with Gasteiger partial charge in [0.2, 0.25) is 0 Å². The third-order valence-electron chi connectivity index (χ3n) is 3.65. The van der Waals surface area contributed by atoms with Crippen molar-refractivity contribution in [3.63, 3.8) is 0 Å². The fourth-order valence-corrected chi connectivity index (χ4v) is 2.33. The molecule has 1 aromatic heterocycles. The molecular weight excluding hydrogens is 348 g/mol. The molecule has 0 aliphatic rings. The van der Waals surface area contributed by atoms with E-state index >= 15 is 0 Å². The van der Waals surface area contributed by atoms with E-state index in [-0.39, 0.29) is 18.2 Å². The summed E-state index contributed by atoms with van der Waals surface area (Å²) in [6.45, 7) is 6.89. The quantitative estimate of drug-likeness (QED) is 0.717. The monoisotopic (exact) mass is 374 g/mol. The number of carbonyl (C=O) groups is 1. The number of aliphatic hydroxyl groups excluding tert-OH is 1. The molecule has 7 nitrogen and oxygen atoms in total. The van der Waals surface area contributed by atoms with E-state index in [1.165, 1.54) is 0 Å². The van der Waals surface area contributed by atoms with Crippen molar-refractivity contribution < 1.29 is 24.5 Å². The van der Waals surface area contributed by atoms with Crippen LogP contribution in [0.15, 0.2) is 36.5 Å². The highest BCUT2D eigenvalue weighted by Crippen LogP contribution is 2.30. The highest BCUT2D eigenvalue weighted by atomic mass is 16.6. The summed E-state index contributed by atoms with van der Waals surface area (Å²) in [5, 5.41) is 22.1. The highest BCUT2D eigenvalue weighted by Gasteiger charge is 2.19. The van der Waals surface area contributed by atoms with E-state index in [9.17, 15) is 15.0 Å². The van der Waals surface area contributed by atoms with Crippen molar-refractivity contribution in [1.82, 2.24) is 10.3 Å². The van der Waals surface area contributed by atoms with E-state index in [0.717, 1.165) is 5.56 Å². The van der Waals surface area contributed by atoms with Crippen molar-refractivity contribution in [3.05, 3.63) is 47.7 Å². The number of ether oxygens (including phenoxy) is 2. The van der Waals surface area contributed by atoms with Gasteiger partial charge in [0.15, 0.2) is 5.75 Å². The SMILES string of the molecule is Cc1ccnc(Oc2ccc(C[C@@H](CO)NC(=O)OC(C)(C)C)cc2)c1O. The lowest BCUT2D eigenvalue weighted by Crippen LogP contribution is -2.42. The minimum absolute atomic E-state index is 0.00322. The molecule has 1 atom stereocenters. The second-order valence-electron chi connectivity index (χ2n) is 7.26. The van der Waals surface area contributed by atoms with Crippen LogP contribution in [-0.2, 0) is 11.2 Å². The van der Waals surface area contributed by atoms with E-state index < -0.39 is 17.7 Å². The number of carbonyl (C=O) groups excluding carboxylic acids is 1. The maximum Gasteiger partial charge on any atom is 0.407 e. The third kappa shape index (κ3) is 6.45. The van der Waals surface area contributed by atoms with Gasteiger partial charge in [-0.1, -0.05) is 12.1 Å². The molecule has 1 amide bonds. The standard InChI is InChI=1S/C20H26N2O5/c1-13-9-10-21-18(17(13)24)26-16-7-5-14(6-8-16)11-15(12-23)22-19(25)27-20(2,3)4/h5-10,15,23-24H,11-12H2,1-4H3,(H,22,25)/t15-/m0/s1. The van der Waals surface area contributed by atoms with Crippen molar-refractivity contribution in [3.8, 4) is 17.4 Å². The molecule has 1 heterocycles. The number of benzene rings is 1. The second-order valence-corrected chi connectivity index (χ2v) is 7.26. The molecule has 0 unspecified atom stereocenters. The van der Waals surface area contributed by atoms with Crippen molar-refractivity contribution in [2.45, 2.75) is 45.8 Å². The first-order chi connectivity index (χ1) is 12.7. The number of rotatable bonds is 6. The number of nitrogens with zero attached hydrogens (tertiary/aromatic N) is 1. The molecule has 3 N–H and O–H groups in total. The molecule has 27 heavy (non-hydrogen) atoms. The van der Waals surface area contributed by atoms with Crippen LogP contribution in [0.4, 0.5) is 4.79 Å². The molecular formula is C20H26N2O5. The normalized spacial score (nSPS) is 12.3. The number of pyridine rings is 1. The van der Waals surface area contributed by atoms with Gasteiger partial charge in [0, 0.05) is 6.20 Å². The molecule has 7 heteroatoms. The Balaban J connectivity index is 1.97. The largest absolute Gasteiger partial charge is 0.503 e. The van der Waals surface area contributed by atoms with Gasteiger partial charge in [-0.15, -0.1) is 0 Å². The van der Waals surface area contributed by atoms with Crippen molar-refractivity contribution >= 4 is 6.09 Å². The van der Waals surface area contributed by atoms with E-state index in [4.69, 9.17) is 9.47 Å². The predicted octanol–water partition coefficient (Wildman–Crippen LogP) is 3.32. The summed E-state index contributed by atoms with van der Waals surface area (Å²) in [7, 11) is 0. The van der Waals surface area contributed by atoms with Crippen LogP contribution in [0.2, 0.25) is 0 Å². The topological polar surface area (TPSA) is 101 Å². The van der Waals surface area contributed by atoms with Crippen LogP contribution in [0.25, 0.3) is 0 Å². The Morgan fingerprint density at radius 2 is 1.89 bits per heavy atom. The summed E-state index contributed by atoms with van der Waals surface area (Å²) in [6.07, 6.45) is 1.43. The number of aryl methyl sites for hydroxylation is 1. The van der Waals surface area contributed by atoms with Crippen LogP contribution in [-0.4, -0.2) is 39.5 Å². The van der Waals surface area contributed by atoms with Gasteiger partial charge < -0.3 is 25.0 Å². The molecule has 0 fully saturated rings. The second kappa shape index (κ2) is 8.73. The zero-order valence-electron chi connectivity index (χ0n) is 16.0. The molecule has 0 saturated carbocycles. The fraction of sp³-hybridized carbons (Fsp3) is 0.400. The number of aliphatic hydroxyl groups is 1. The van der Waals surface area contributed by atoms with Crippen LogP contribution >= 0.6 is 0 Å². The van der Waals surface area contributed by atoms with Crippen LogP contribution in [0.1, 0.15) is 31.9 Å². The van der Waals surface area contributed by atoms with Crippen LogP contribution in [0.3, 0.4) is 0 Å². The van der Waals surface area contributed by atoms with Crippen molar-refractivity contribution in [2.75, 3.05) is 6.61 Å². The minimum Gasteiger partial charge on any atom is -0.503 e. The van der Waals surface area contributed by atoms with Crippen LogP contribution in [0, 0.1) is 6.92 Å². The Kier molecular flexibility index (Phi) is 6.63. The van der Waals surface area contributed by atoms with Gasteiger partial charge in [-0.25, -0.2) is 9.78 Å². The molecule has 0 radical (unpaired) electrons. The van der Waals surface area contributed by atoms with Crippen LogP contribution in [0.5, 0.6) is 17.4 Å². The summed E-state index contributed by atoms with van der Waals surface area (Å²) >= 11 is 0. The fourth-order valence-electron chi connectivity index (χ4n) is 2.33. The van der Waals surface area contributed by atoms with Gasteiger partial charge in [-0.3, -0.25) is 0 Å². The first-order valence-electron chi connectivity index (χ1n) is 8.69. The number of nitrogens with one attached hydrogen (secondary N) is 1. The van der Waals surface area contributed by atoms with Gasteiger partial charge in [0.1, 0.15) is 11.4 Å². The molecule has 2 rings (SSSR count). The number of aromatic nitrogens is 1. The number of amides is 1. The number of aromatic hydroxyl groups is 1. The van der Waals surface area contributed by atoms with E-state index in [0.29, 0.717) is 17.7 Å². The molecule has 0 bridgehead atoms. The van der Waals surface area contributed by atoms with Crippen molar-refractivity contribution in [1.29, 1.82) is 0 Å². The summed E-state index contributed by atoms with van der Waals surface area (Å²) < 4.78 is 10.8. The molecule has 0 spiro atoms. The molecule has 0 saturated heterocycles. The maximum atomic E-state index is 11.8. The third-order valence-corrected chi connectivity index (χ3v) is 3.65. The Labute approximate surface area is 159 Å². The molecule has 146 valence electrons. The number of alkyl carbamates (subject to hydrolysis) is 1. The zero-order chi connectivity index (χ0) is 20.0. The molecule has 1 aromatic carbocycles. The minimum atomic E-state index is -0.599. The molecule has 0 aliphatic heterocycles. The molecule has 2 aromatic rings. The van der Waals surface area contributed by atoms with Gasteiger partial charge in [-0.05, 0) is 63.4 Å². The van der Waals surface area contributed by atoms with Crippen LogP contribution < -0.4 is 10.1 Å². The lowest BCUT2D eigenvalue weighted by atomic mass is 10.1. The van der Waals surface area contributed by atoms with E-state index in [1.54, 1.807) is 52.1 Å². The molecule has 0 aliphatic carbocycles. The average Bonchev–Trinajstić information content (AvgIpc) is 2.58. The summed E-state index contributed by atoms with van der Waals surface area (Å²) in [6, 6.07) is 8.34. The summed E-state index contributed by atoms with van der Waals surface area (Å²) in [5.74, 6) is 0.666. The predicted molar refractivity (Wildman–Crippen MR) is 101 cm³/mol. The van der Waals surface area contributed by atoms with E-state index in [1.807, 2.05) is 12.1 Å². The Morgan fingerprint density at radius 1 is 1.22 bits per heavy atom. The smallest absolute Gasteiger partial charge is 0.407 e. The lowest BCUT2D eigenvalue weighted by Gasteiger charge is -2.22. The highest BCUT2D eigenvalue weighted by molar-refractivity contribution is 5.68. The Bertz CT molecular complexity index is 769. The van der Waals surface area contributed by atoms with Gasteiger partial charge >= 0.3 is 6.09 Å².